The molecule has 112 valence electrons. The second kappa shape index (κ2) is 6.15. The lowest BCUT2D eigenvalue weighted by molar-refractivity contribution is 0.128. The molecule has 1 aromatic rings. The number of piperazine rings is 1. The topological polar surface area (TPSA) is 24.5 Å². The van der Waals surface area contributed by atoms with Gasteiger partial charge in [0, 0.05) is 37.8 Å². The van der Waals surface area contributed by atoms with Gasteiger partial charge in [0.25, 0.3) is 0 Å². The molecule has 0 bridgehead atoms. The van der Waals surface area contributed by atoms with Crippen molar-refractivity contribution >= 4 is 0 Å². The fourth-order valence-corrected chi connectivity index (χ4v) is 2.81. The first-order chi connectivity index (χ1) is 9.40. The number of aryl methyl sites for hydroxylation is 1. The van der Waals surface area contributed by atoms with E-state index in [0.717, 1.165) is 31.9 Å². The standard InChI is InChI=1S/C17H28N2O/c1-13-6-7-15(20-5)14(10-13)11-19-9-8-18-16(12-19)17(2,3)4/h6-7,10,16,18H,8-9,11-12H2,1-5H3. The largest absolute Gasteiger partial charge is 0.496 e. The van der Waals surface area contributed by atoms with Crippen LogP contribution in [0.3, 0.4) is 0 Å². The third-order valence-corrected chi connectivity index (χ3v) is 4.13. The summed E-state index contributed by atoms with van der Waals surface area (Å²) in [6.45, 7) is 13.3. The average Bonchev–Trinajstić information content (AvgIpc) is 2.38. The Morgan fingerprint density at radius 2 is 2.10 bits per heavy atom. The molecule has 3 heteroatoms. The molecule has 0 radical (unpaired) electrons. The van der Waals surface area contributed by atoms with Gasteiger partial charge in [-0.1, -0.05) is 38.5 Å². The van der Waals surface area contributed by atoms with E-state index in [9.17, 15) is 0 Å². The van der Waals surface area contributed by atoms with Crippen LogP contribution in [0, 0.1) is 12.3 Å². The van der Waals surface area contributed by atoms with Gasteiger partial charge in [0.2, 0.25) is 0 Å². The number of hydrogen-bond donors (Lipinski definition) is 1. The van der Waals surface area contributed by atoms with Crippen LogP contribution < -0.4 is 10.1 Å². The second-order valence-electron chi connectivity index (χ2n) is 6.92. The first-order valence-corrected chi connectivity index (χ1v) is 7.49. The molecule has 0 saturated carbocycles. The fraction of sp³-hybridized carbons (Fsp3) is 0.647. The molecule has 2 rings (SSSR count). The van der Waals surface area contributed by atoms with E-state index in [1.165, 1.54) is 11.1 Å². The number of ether oxygens (including phenoxy) is 1. The predicted molar refractivity (Wildman–Crippen MR) is 84.3 cm³/mol. The highest BCUT2D eigenvalue weighted by molar-refractivity contribution is 5.36. The third-order valence-electron chi connectivity index (χ3n) is 4.13. The molecule has 0 aromatic heterocycles. The molecular formula is C17H28N2O. The van der Waals surface area contributed by atoms with Crippen LogP contribution in [0.5, 0.6) is 5.75 Å². The van der Waals surface area contributed by atoms with Gasteiger partial charge in [-0.2, -0.15) is 0 Å². The number of methoxy groups -OCH3 is 1. The van der Waals surface area contributed by atoms with Crippen LogP contribution in [0.15, 0.2) is 18.2 Å². The minimum atomic E-state index is 0.301. The summed E-state index contributed by atoms with van der Waals surface area (Å²) in [7, 11) is 1.75. The molecule has 1 aliphatic rings. The number of rotatable bonds is 3. The monoisotopic (exact) mass is 276 g/mol. The highest BCUT2D eigenvalue weighted by Crippen LogP contribution is 2.25. The summed E-state index contributed by atoms with van der Waals surface area (Å²) in [6, 6.07) is 6.98. The van der Waals surface area contributed by atoms with Gasteiger partial charge in [0.1, 0.15) is 5.75 Å². The summed E-state index contributed by atoms with van der Waals surface area (Å²) in [5.41, 5.74) is 2.89. The lowest BCUT2D eigenvalue weighted by Crippen LogP contribution is -2.55. The Bertz CT molecular complexity index is 451. The Kier molecular flexibility index (Phi) is 4.71. The molecule has 1 heterocycles. The highest BCUT2D eigenvalue weighted by Gasteiger charge is 2.29. The Labute approximate surface area is 123 Å². The van der Waals surface area contributed by atoms with E-state index in [2.05, 4.69) is 56.1 Å². The Morgan fingerprint density at radius 1 is 1.35 bits per heavy atom. The maximum Gasteiger partial charge on any atom is 0.123 e. The summed E-state index contributed by atoms with van der Waals surface area (Å²) >= 11 is 0. The minimum absolute atomic E-state index is 0.301. The molecule has 1 fully saturated rings. The van der Waals surface area contributed by atoms with Gasteiger partial charge < -0.3 is 10.1 Å². The summed E-state index contributed by atoms with van der Waals surface area (Å²) in [6.07, 6.45) is 0. The van der Waals surface area contributed by atoms with E-state index >= 15 is 0 Å². The van der Waals surface area contributed by atoms with E-state index in [1.54, 1.807) is 7.11 Å². The van der Waals surface area contributed by atoms with E-state index in [-0.39, 0.29) is 0 Å². The van der Waals surface area contributed by atoms with E-state index in [0.29, 0.717) is 11.5 Å². The summed E-state index contributed by atoms with van der Waals surface area (Å²) < 4.78 is 5.49. The molecule has 0 amide bonds. The molecule has 1 unspecified atom stereocenters. The fourth-order valence-electron chi connectivity index (χ4n) is 2.81. The lowest BCUT2D eigenvalue weighted by Gasteiger charge is -2.40. The third kappa shape index (κ3) is 3.74. The Hall–Kier alpha value is -1.06. The van der Waals surface area contributed by atoms with Gasteiger partial charge in [-0.3, -0.25) is 4.90 Å². The highest BCUT2D eigenvalue weighted by atomic mass is 16.5. The van der Waals surface area contributed by atoms with Gasteiger partial charge in [-0.15, -0.1) is 0 Å². The van der Waals surface area contributed by atoms with Gasteiger partial charge in [0.15, 0.2) is 0 Å². The van der Waals surface area contributed by atoms with Crippen molar-refractivity contribution in [2.24, 2.45) is 5.41 Å². The first-order valence-electron chi connectivity index (χ1n) is 7.49. The molecule has 0 spiro atoms. The summed E-state index contributed by atoms with van der Waals surface area (Å²) in [5, 5.41) is 3.64. The van der Waals surface area contributed by atoms with Crippen LogP contribution >= 0.6 is 0 Å². The number of nitrogens with zero attached hydrogens (tertiary/aromatic N) is 1. The van der Waals surface area contributed by atoms with Crippen molar-refractivity contribution in [3.63, 3.8) is 0 Å². The van der Waals surface area contributed by atoms with Gasteiger partial charge >= 0.3 is 0 Å². The maximum atomic E-state index is 5.49. The molecular weight excluding hydrogens is 248 g/mol. The van der Waals surface area contributed by atoms with Crippen molar-refractivity contribution in [1.29, 1.82) is 0 Å². The second-order valence-corrected chi connectivity index (χ2v) is 6.92. The van der Waals surface area contributed by atoms with Crippen LogP contribution in [0.4, 0.5) is 0 Å². The van der Waals surface area contributed by atoms with E-state index in [4.69, 9.17) is 4.74 Å². The summed E-state index contributed by atoms with van der Waals surface area (Å²) in [4.78, 5) is 2.53. The van der Waals surface area contributed by atoms with Crippen molar-refractivity contribution in [2.75, 3.05) is 26.7 Å². The van der Waals surface area contributed by atoms with Crippen LogP contribution in [0.1, 0.15) is 31.9 Å². The quantitative estimate of drug-likeness (QED) is 0.919. The van der Waals surface area contributed by atoms with E-state index < -0.39 is 0 Å². The van der Waals surface area contributed by atoms with E-state index in [1.807, 2.05) is 0 Å². The van der Waals surface area contributed by atoms with Crippen LogP contribution in [0.25, 0.3) is 0 Å². The van der Waals surface area contributed by atoms with Gasteiger partial charge in [-0.05, 0) is 18.4 Å². The normalized spacial score (nSPS) is 20.9. The zero-order chi connectivity index (χ0) is 14.8. The molecule has 1 aromatic carbocycles. The van der Waals surface area contributed by atoms with Crippen molar-refractivity contribution < 1.29 is 4.74 Å². The van der Waals surface area contributed by atoms with Crippen molar-refractivity contribution in [2.45, 2.75) is 40.3 Å². The molecule has 1 N–H and O–H groups in total. The number of hydrogen-bond acceptors (Lipinski definition) is 3. The molecule has 1 atom stereocenters. The Balaban J connectivity index is 2.08. The SMILES string of the molecule is COc1ccc(C)cc1CN1CCNC(C(C)(C)C)C1. The van der Waals surface area contributed by atoms with Crippen LogP contribution in [0.2, 0.25) is 0 Å². The molecule has 0 aliphatic carbocycles. The Morgan fingerprint density at radius 3 is 2.75 bits per heavy atom. The first kappa shape index (κ1) is 15.3. The van der Waals surface area contributed by atoms with Crippen LogP contribution in [-0.2, 0) is 6.54 Å². The minimum Gasteiger partial charge on any atom is -0.496 e. The predicted octanol–water partition coefficient (Wildman–Crippen LogP) is 2.82. The lowest BCUT2D eigenvalue weighted by atomic mass is 9.85. The van der Waals surface area contributed by atoms with Crippen molar-refractivity contribution in [3.05, 3.63) is 29.3 Å². The molecule has 20 heavy (non-hydrogen) atoms. The summed E-state index contributed by atoms with van der Waals surface area (Å²) in [5.74, 6) is 1.00. The van der Waals surface area contributed by atoms with Crippen molar-refractivity contribution in [3.8, 4) is 5.75 Å². The zero-order valence-corrected chi connectivity index (χ0v) is 13.5. The molecule has 1 aliphatic heterocycles. The maximum absolute atomic E-state index is 5.49. The van der Waals surface area contributed by atoms with Gasteiger partial charge in [-0.25, -0.2) is 0 Å². The average molecular weight is 276 g/mol. The van der Waals surface area contributed by atoms with Gasteiger partial charge in [0.05, 0.1) is 7.11 Å². The molecule has 3 nitrogen and oxygen atoms in total. The van der Waals surface area contributed by atoms with Crippen molar-refractivity contribution in [1.82, 2.24) is 10.2 Å². The smallest absolute Gasteiger partial charge is 0.123 e. The number of nitrogens with one attached hydrogen (secondary N) is 1. The molecule has 1 saturated heterocycles. The number of benzene rings is 1. The zero-order valence-electron chi connectivity index (χ0n) is 13.5. The van der Waals surface area contributed by atoms with Crippen LogP contribution in [-0.4, -0.2) is 37.7 Å².